The number of rotatable bonds is 4. The maximum Gasteiger partial charge on any atom is 0.253 e. The molecule has 1 aliphatic carbocycles. The first-order chi connectivity index (χ1) is 9.15. The molecule has 19 heavy (non-hydrogen) atoms. The zero-order valence-corrected chi connectivity index (χ0v) is 10.4. The number of aliphatic hydroxyl groups excluding tert-OH is 1. The van der Waals surface area contributed by atoms with Crippen molar-refractivity contribution < 1.29 is 19.4 Å². The summed E-state index contributed by atoms with van der Waals surface area (Å²) in [7, 11) is 0. The summed E-state index contributed by atoms with van der Waals surface area (Å²) in [5, 5.41) is 12.4. The van der Waals surface area contributed by atoms with E-state index < -0.39 is 6.10 Å². The van der Waals surface area contributed by atoms with Gasteiger partial charge in [0, 0.05) is 18.3 Å². The molecule has 3 rings (SSSR count). The third kappa shape index (κ3) is 2.44. The highest BCUT2D eigenvalue weighted by Gasteiger charge is 2.30. The summed E-state index contributed by atoms with van der Waals surface area (Å²) in [6, 6.07) is 3.14. The topological polar surface area (TPSA) is 93.8 Å². The van der Waals surface area contributed by atoms with E-state index in [4.69, 9.17) is 15.2 Å². The molecule has 2 aliphatic rings. The summed E-state index contributed by atoms with van der Waals surface area (Å²) >= 11 is 0. The highest BCUT2D eigenvalue weighted by molar-refractivity contribution is 6.00. The molecule has 0 saturated heterocycles. The molecule has 1 aromatic carbocycles. The second kappa shape index (κ2) is 4.62. The SMILES string of the molecule is Nc1cc2c(cc1C(=O)NCC(O)C1CC1)OCO2. The number of benzene rings is 1. The predicted octanol–water partition coefficient (Wildman–Crippen LogP) is 0.498. The number of carbonyl (C=O) groups is 1. The molecule has 1 unspecified atom stereocenters. The van der Waals surface area contributed by atoms with E-state index in [-0.39, 0.29) is 19.2 Å². The first kappa shape index (κ1) is 12.1. The molecule has 1 aliphatic heterocycles. The van der Waals surface area contributed by atoms with Gasteiger partial charge in [0.25, 0.3) is 5.91 Å². The summed E-state index contributed by atoms with van der Waals surface area (Å²) in [5.74, 6) is 1.08. The minimum absolute atomic E-state index is 0.139. The van der Waals surface area contributed by atoms with Crippen LogP contribution in [0.2, 0.25) is 0 Å². The Morgan fingerprint density at radius 3 is 2.79 bits per heavy atom. The van der Waals surface area contributed by atoms with Crippen molar-refractivity contribution >= 4 is 11.6 Å². The van der Waals surface area contributed by atoms with Gasteiger partial charge < -0.3 is 25.6 Å². The van der Waals surface area contributed by atoms with Crippen LogP contribution in [-0.4, -0.2) is 30.5 Å². The van der Waals surface area contributed by atoms with E-state index in [0.717, 1.165) is 12.8 Å². The van der Waals surface area contributed by atoms with Crippen LogP contribution < -0.4 is 20.5 Å². The fourth-order valence-corrected chi connectivity index (χ4v) is 2.09. The number of nitrogens with two attached hydrogens (primary N) is 1. The third-order valence-corrected chi connectivity index (χ3v) is 3.43. The Kier molecular flexibility index (Phi) is 2.94. The predicted molar refractivity (Wildman–Crippen MR) is 68.0 cm³/mol. The van der Waals surface area contributed by atoms with Crippen LogP contribution in [0.1, 0.15) is 23.2 Å². The molecule has 102 valence electrons. The summed E-state index contributed by atoms with van der Waals surface area (Å²) in [4.78, 5) is 12.0. The monoisotopic (exact) mass is 264 g/mol. The number of nitrogen functional groups attached to an aromatic ring is 1. The lowest BCUT2D eigenvalue weighted by Gasteiger charge is -2.12. The van der Waals surface area contributed by atoms with Gasteiger partial charge in [-0.25, -0.2) is 0 Å². The average Bonchev–Trinajstić information content (AvgIpc) is 3.15. The number of hydrogen-bond donors (Lipinski definition) is 3. The van der Waals surface area contributed by atoms with E-state index in [9.17, 15) is 9.90 Å². The van der Waals surface area contributed by atoms with E-state index >= 15 is 0 Å². The van der Waals surface area contributed by atoms with Crippen molar-refractivity contribution in [3.05, 3.63) is 17.7 Å². The summed E-state index contributed by atoms with van der Waals surface area (Å²) in [6.45, 7) is 0.387. The lowest BCUT2D eigenvalue weighted by atomic mass is 10.1. The van der Waals surface area contributed by atoms with Gasteiger partial charge >= 0.3 is 0 Å². The lowest BCUT2D eigenvalue weighted by molar-refractivity contribution is 0.0901. The number of ether oxygens (including phenoxy) is 2. The Morgan fingerprint density at radius 2 is 2.11 bits per heavy atom. The minimum Gasteiger partial charge on any atom is -0.454 e. The summed E-state index contributed by atoms with van der Waals surface area (Å²) in [6.07, 6.45) is 1.59. The molecule has 4 N–H and O–H groups in total. The maximum atomic E-state index is 12.0. The molecule has 0 bridgehead atoms. The number of nitrogens with one attached hydrogen (secondary N) is 1. The van der Waals surface area contributed by atoms with E-state index in [1.807, 2.05) is 0 Å². The zero-order valence-electron chi connectivity index (χ0n) is 10.4. The van der Waals surface area contributed by atoms with Gasteiger partial charge in [0.05, 0.1) is 11.7 Å². The van der Waals surface area contributed by atoms with Crippen LogP contribution in [0.3, 0.4) is 0 Å². The van der Waals surface area contributed by atoms with Gasteiger partial charge in [0.15, 0.2) is 11.5 Å². The highest BCUT2D eigenvalue weighted by atomic mass is 16.7. The number of hydrogen-bond acceptors (Lipinski definition) is 5. The first-order valence-electron chi connectivity index (χ1n) is 6.30. The van der Waals surface area contributed by atoms with Crippen molar-refractivity contribution in [1.82, 2.24) is 5.32 Å². The normalized spacial score (nSPS) is 18.2. The van der Waals surface area contributed by atoms with Crippen molar-refractivity contribution in [2.45, 2.75) is 18.9 Å². The van der Waals surface area contributed by atoms with Gasteiger partial charge in [-0.3, -0.25) is 4.79 Å². The molecule has 0 aromatic heterocycles. The van der Waals surface area contributed by atoms with Crippen LogP contribution in [0, 0.1) is 5.92 Å². The summed E-state index contributed by atoms with van der Waals surface area (Å²) < 4.78 is 10.4. The molecule has 1 heterocycles. The number of amides is 1. The molecule has 1 atom stereocenters. The van der Waals surface area contributed by atoms with Crippen LogP contribution in [-0.2, 0) is 0 Å². The molecule has 1 fully saturated rings. The van der Waals surface area contributed by atoms with Crippen molar-refractivity contribution in [1.29, 1.82) is 0 Å². The van der Waals surface area contributed by atoms with Crippen LogP contribution in [0.15, 0.2) is 12.1 Å². The van der Waals surface area contributed by atoms with Gasteiger partial charge in [0.1, 0.15) is 0 Å². The van der Waals surface area contributed by atoms with Gasteiger partial charge in [0.2, 0.25) is 6.79 Å². The zero-order chi connectivity index (χ0) is 13.4. The van der Waals surface area contributed by atoms with Crippen molar-refractivity contribution in [3.63, 3.8) is 0 Å². The molecule has 1 amide bonds. The van der Waals surface area contributed by atoms with Crippen LogP contribution >= 0.6 is 0 Å². The molecule has 0 radical (unpaired) electrons. The van der Waals surface area contributed by atoms with Gasteiger partial charge in [-0.05, 0) is 24.8 Å². The number of aliphatic hydroxyl groups is 1. The Labute approximate surface area is 110 Å². The first-order valence-corrected chi connectivity index (χ1v) is 6.30. The molecule has 1 aromatic rings. The Bertz CT molecular complexity index is 514. The second-order valence-corrected chi connectivity index (χ2v) is 4.91. The third-order valence-electron chi connectivity index (χ3n) is 3.43. The largest absolute Gasteiger partial charge is 0.454 e. The smallest absolute Gasteiger partial charge is 0.253 e. The average molecular weight is 264 g/mol. The van der Waals surface area contributed by atoms with Crippen molar-refractivity contribution in [2.24, 2.45) is 5.92 Å². The molecular formula is C13H16N2O4. The molecule has 6 heteroatoms. The van der Waals surface area contributed by atoms with Crippen LogP contribution in [0.5, 0.6) is 11.5 Å². The van der Waals surface area contributed by atoms with E-state index in [2.05, 4.69) is 5.32 Å². The van der Waals surface area contributed by atoms with Gasteiger partial charge in [-0.1, -0.05) is 0 Å². The number of anilines is 1. The quantitative estimate of drug-likeness (QED) is 0.688. The Hall–Kier alpha value is -1.95. The van der Waals surface area contributed by atoms with E-state index in [1.165, 1.54) is 0 Å². The van der Waals surface area contributed by atoms with Crippen LogP contribution in [0.4, 0.5) is 5.69 Å². The van der Waals surface area contributed by atoms with Crippen LogP contribution in [0.25, 0.3) is 0 Å². The summed E-state index contributed by atoms with van der Waals surface area (Å²) in [5.41, 5.74) is 6.49. The van der Waals surface area contributed by atoms with Crippen molar-refractivity contribution in [2.75, 3.05) is 19.1 Å². The Balaban J connectivity index is 1.68. The fraction of sp³-hybridized carbons (Fsp3) is 0.462. The molecule has 1 saturated carbocycles. The van der Waals surface area contributed by atoms with Gasteiger partial charge in [-0.2, -0.15) is 0 Å². The maximum absolute atomic E-state index is 12.0. The number of carbonyl (C=O) groups excluding carboxylic acids is 1. The van der Waals surface area contributed by atoms with Crippen molar-refractivity contribution in [3.8, 4) is 11.5 Å². The fourth-order valence-electron chi connectivity index (χ4n) is 2.09. The molecule has 6 nitrogen and oxygen atoms in total. The van der Waals surface area contributed by atoms with Gasteiger partial charge in [-0.15, -0.1) is 0 Å². The Morgan fingerprint density at radius 1 is 1.42 bits per heavy atom. The number of fused-ring (bicyclic) bond motifs is 1. The standard InChI is InChI=1S/C13H16N2O4/c14-9-4-12-11(18-6-19-12)3-8(9)13(17)15-5-10(16)7-1-2-7/h3-4,7,10,16H,1-2,5-6,14H2,(H,15,17). The minimum atomic E-state index is -0.473. The second-order valence-electron chi connectivity index (χ2n) is 4.91. The highest BCUT2D eigenvalue weighted by Crippen LogP contribution is 2.36. The van der Waals surface area contributed by atoms with E-state index in [0.29, 0.717) is 28.7 Å². The lowest BCUT2D eigenvalue weighted by Crippen LogP contribution is -2.33. The molecule has 0 spiro atoms. The molecular weight excluding hydrogens is 248 g/mol. The van der Waals surface area contributed by atoms with E-state index in [1.54, 1.807) is 12.1 Å².